The molecular weight excluding hydrogens is 324 g/mol. The van der Waals surface area contributed by atoms with E-state index in [-0.39, 0.29) is 11.5 Å². The molecule has 0 spiro atoms. The van der Waals surface area contributed by atoms with E-state index in [0.29, 0.717) is 11.1 Å². The fourth-order valence-electron chi connectivity index (χ4n) is 3.20. The van der Waals surface area contributed by atoms with Gasteiger partial charge >= 0.3 is 0 Å². The van der Waals surface area contributed by atoms with Gasteiger partial charge in [-0.05, 0) is 56.3 Å². The zero-order chi connectivity index (χ0) is 17.2. The normalized spacial score (nSPS) is 15.1. The first-order valence-corrected chi connectivity index (χ1v) is 8.51. The van der Waals surface area contributed by atoms with Crippen molar-refractivity contribution in [1.82, 2.24) is 9.88 Å². The number of fused-ring (bicyclic) bond motifs is 1. The van der Waals surface area contributed by atoms with Crippen molar-refractivity contribution in [2.24, 2.45) is 0 Å². The number of nitrogens with one attached hydrogen (secondary N) is 1. The van der Waals surface area contributed by atoms with Crippen LogP contribution in [0.15, 0.2) is 40.8 Å². The van der Waals surface area contributed by atoms with Crippen LogP contribution in [-0.4, -0.2) is 36.1 Å². The van der Waals surface area contributed by atoms with Gasteiger partial charge in [0, 0.05) is 30.4 Å². The summed E-state index contributed by atoms with van der Waals surface area (Å²) in [5.74, 6) is -1.09. The van der Waals surface area contributed by atoms with Crippen molar-refractivity contribution in [2.45, 2.75) is 12.8 Å². The Morgan fingerprint density at radius 2 is 1.80 bits per heavy atom. The predicted octanol–water partition coefficient (Wildman–Crippen LogP) is 4.28. The second-order valence-electron chi connectivity index (χ2n) is 6.34. The highest BCUT2D eigenvalue weighted by molar-refractivity contribution is 5.80. The van der Waals surface area contributed by atoms with Crippen LogP contribution in [0.25, 0.3) is 22.6 Å². The van der Waals surface area contributed by atoms with Crippen LogP contribution in [0, 0.1) is 11.6 Å². The van der Waals surface area contributed by atoms with Gasteiger partial charge in [0.2, 0.25) is 5.89 Å². The molecule has 1 fully saturated rings. The molecule has 0 amide bonds. The molecule has 1 N–H and O–H groups in total. The number of halogens is 2. The maximum Gasteiger partial charge on any atom is 0.227 e. The van der Waals surface area contributed by atoms with Gasteiger partial charge < -0.3 is 14.6 Å². The molecular formula is C19H19F2N3O. The van der Waals surface area contributed by atoms with Crippen LogP contribution >= 0.6 is 0 Å². The van der Waals surface area contributed by atoms with Crippen molar-refractivity contribution >= 4 is 16.8 Å². The molecule has 0 radical (unpaired) electrons. The zero-order valence-electron chi connectivity index (χ0n) is 13.8. The quantitative estimate of drug-likeness (QED) is 0.751. The molecule has 0 bridgehead atoms. The van der Waals surface area contributed by atoms with E-state index in [0.717, 1.165) is 24.8 Å². The number of hydrogen-bond donors (Lipinski definition) is 1. The highest BCUT2D eigenvalue weighted by atomic mass is 19.1. The second kappa shape index (κ2) is 6.80. The number of hydrogen-bond acceptors (Lipinski definition) is 4. The van der Waals surface area contributed by atoms with Crippen LogP contribution < -0.4 is 5.32 Å². The first kappa shape index (κ1) is 16.0. The summed E-state index contributed by atoms with van der Waals surface area (Å²) in [6.07, 6.45) is 2.57. The molecule has 130 valence electrons. The summed E-state index contributed by atoms with van der Waals surface area (Å²) in [7, 11) is 0. The van der Waals surface area contributed by atoms with Gasteiger partial charge in [0.05, 0.1) is 0 Å². The average Bonchev–Trinajstić information content (AvgIpc) is 3.22. The van der Waals surface area contributed by atoms with E-state index in [1.165, 1.54) is 38.1 Å². The molecule has 2 aromatic carbocycles. The molecule has 2 heterocycles. The zero-order valence-corrected chi connectivity index (χ0v) is 13.8. The Kier molecular flexibility index (Phi) is 4.36. The van der Waals surface area contributed by atoms with E-state index >= 15 is 0 Å². The van der Waals surface area contributed by atoms with Gasteiger partial charge in [-0.25, -0.2) is 13.8 Å². The van der Waals surface area contributed by atoms with Gasteiger partial charge in [0.15, 0.2) is 5.58 Å². The molecule has 1 aliphatic rings. The van der Waals surface area contributed by atoms with Crippen LogP contribution in [0.4, 0.5) is 14.5 Å². The van der Waals surface area contributed by atoms with E-state index in [4.69, 9.17) is 4.42 Å². The SMILES string of the molecule is Fc1cc(F)cc(-c2nc3cc(NCCN4CCCC4)ccc3o2)c1. The Morgan fingerprint density at radius 1 is 1.04 bits per heavy atom. The molecule has 0 atom stereocenters. The van der Waals surface area contributed by atoms with E-state index in [1.807, 2.05) is 18.2 Å². The summed E-state index contributed by atoms with van der Waals surface area (Å²) in [5.41, 5.74) is 2.49. The minimum Gasteiger partial charge on any atom is -0.436 e. The van der Waals surface area contributed by atoms with Crippen LogP contribution in [-0.2, 0) is 0 Å². The van der Waals surface area contributed by atoms with Crippen molar-refractivity contribution in [3.05, 3.63) is 48.0 Å². The van der Waals surface area contributed by atoms with Crippen LogP contribution in [0.3, 0.4) is 0 Å². The molecule has 1 saturated heterocycles. The number of oxazole rings is 1. The predicted molar refractivity (Wildman–Crippen MR) is 93.5 cm³/mol. The van der Waals surface area contributed by atoms with E-state index in [1.54, 1.807) is 0 Å². The van der Waals surface area contributed by atoms with Gasteiger partial charge in [-0.1, -0.05) is 0 Å². The third-order valence-corrected chi connectivity index (χ3v) is 4.45. The highest BCUT2D eigenvalue weighted by Crippen LogP contribution is 2.27. The maximum absolute atomic E-state index is 13.4. The maximum atomic E-state index is 13.4. The number of likely N-dealkylation sites (tertiary alicyclic amines) is 1. The fraction of sp³-hybridized carbons (Fsp3) is 0.316. The van der Waals surface area contributed by atoms with E-state index in [2.05, 4.69) is 15.2 Å². The van der Waals surface area contributed by atoms with Gasteiger partial charge in [0.1, 0.15) is 17.2 Å². The van der Waals surface area contributed by atoms with Crippen molar-refractivity contribution in [1.29, 1.82) is 0 Å². The molecule has 0 saturated carbocycles. The Balaban J connectivity index is 1.50. The summed E-state index contributed by atoms with van der Waals surface area (Å²) in [6.45, 7) is 4.24. The van der Waals surface area contributed by atoms with Crippen molar-refractivity contribution in [3.63, 3.8) is 0 Å². The van der Waals surface area contributed by atoms with Crippen LogP contribution in [0.1, 0.15) is 12.8 Å². The van der Waals surface area contributed by atoms with Crippen molar-refractivity contribution in [2.75, 3.05) is 31.5 Å². The number of anilines is 1. The number of benzene rings is 2. The second-order valence-corrected chi connectivity index (χ2v) is 6.34. The molecule has 1 aliphatic heterocycles. The molecule has 0 unspecified atom stereocenters. The minimum atomic E-state index is -0.651. The lowest BCUT2D eigenvalue weighted by Crippen LogP contribution is -2.25. The summed E-state index contributed by atoms with van der Waals surface area (Å²) >= 11 is 0. The third-order valence-electron chi connectivity index (χ3n) is 4.45. The van der Waals surface area contributed by atoms with Crippen molar-refractivity contribution in [3.8, 4) is 11.5 Å². The van der Waals surface area contributed by atoms with E-state index in [9.17, 15) is 8.78 Å². The van der Waals surface area contributed by atoms with Crippen molar-refractivity contribution < 1.29 is 13.2 Å². The van der Waals surface area contributed by atoms with Crippen LogP contribution in [0.2, 0.25) is 0 Å². The van der Waals surface area contributed by atoms with Gasteiger partial charge in [0.25, 0.3) is 0 Å². The lowest BCUT2D eigenvalue weighted by Gasteiger charge is -2.15. The van der Waals surface area contributed by atoms with Crippen LogP contribution in [0.5, 0.6) is 0 Å². The largest absolute Gasteiger partial charge is 0.436 e. The lowest BCUT2D eigenvalue weighted by molar-refractivity contribution is 0.352. The number of nitrogens with zero attached hydrogens (tertiary/aromatic N) is 2. The smallest absolute Gasteiger partial charge is 0.227 e. The Labute approximate surface area is 144 Å². The molecule has 4 nitrogen and oxygen atoms in total. The Bertz CT molecular complexity index is 867. The molecule has 4 rings (SSSR count). The highest BCUT2D eigenvalue weighted by Gasteiger charge is 2.12. The first-order chi connectivity index (χ1) is 12.2. The molecule has 1 aromatic heterocycles. The first-order valence-electron chi connectivity index (χ1n) is 8.51. The number of aromatic nitrogens is 1. The lowest BCUT2D eigenvalue weighted by atomic mass is 10.2. The monoisotopic (exact) mass is 343 g/mol. The summed E-state index contributed by atoms with van der Waals surface area (Å²) in [6, 6.07) is 8.88. The molecule has 3 aromatic rings. The van der Waals surface area contributed by atoms with Gasteiger partial charge in [-0.2, -0.15) is 0 Å². The Hall–Kier alpha value is -2.47. The molecule has 0 aliphatic carbocycles. The average molecular weight is 343 g/mol. The molecule has 25 heavy (non-hydrogen) atoms. The third kappa shape index (κ3) is 3.64. The fourth-order valence-corrected chi connectivity index (χ4v) is 3.20. The Morgan fingerprint density at radius 3 is 2.56 bits per heavy atom. The number of rotatable bonds is 5. The van der Waals surface area contributed by atoms with Gasteiger partial charge in [-0.15, -0.1) is 0 Å². The summed E-state index contributed by atoms with van der Waals surface area (Å²) in [5, 5.41) is 3.39. The summed E-state index contributed by atoms with van der Waals surface area (Å²) in [4.78, 5) is 6.80. The van der Waals surface area contributed by atoms with Gasteiger partial charge in [-0.3, -0.25) is 0 Å². The minimum absolute atomic E-state index is 0.211. The molecule has 6 heteroatoms. The topological polar surface area (TPSA) is 41.3 Å². The summed E-state index contributed by atoms with van der Waals surface area (Å²) < 4.78 is 32.4. The standard InChI is InChI=1S/C19H19F2N3O/c20-14-9-13(10-15(21)11-14)19-23-17-12-16(3-4-18(17)25-19)22-5-8-24-6-1-2-7-24/h3-4,9-12,22H,1-2,5-8H2. The van der Waals surface area contributed by atoms with E-state index < -0.39 is 11.6 Å².